The van der Waals surface area contributed by atoms with Gasteiger partial charge < -0.3 is 4.57 Å². The fraction of sp³-hybridized carbons (Fsp3) is 0.0556. The molecule has 4 rings (SSSR count). The molecule has 20 heavy (non-hydrogen) atoms. The number of hydrogen-bond donors (Lipinski definition) is 0. The summed E-state index contributed by atoms with van der Waals surface area (Å²) in [5.41, 5.74) is 5.91. The predicted octanol–water partition coefficient (Wildman–Crippen LogP) is 4.49. The largest absolute Gasteiger partial charge is 0.307 e. The number of para-hydroxylation sites is 2. The molecule has 2 heteroatoms. The highest BCUT2D eigenvalue weighted by Crippen LogP contribution is 2.32. The molecule has 0 aliphatic carbocycles. The Kier molecular flexibility index (Phi) is 2.36. The van der Waals surface area contributed by atoms with Gasteiger partial charge in [-0.15, -0.1) is 0 Å². The van der Waals surface area contributed by atoms with Crippen molar-refractivity contribution in [3.05, 3.63) is 72.4 Å². The molecular formula is C18H14N2. The number of aryl methyl sites for hydroxylation is 1. The number of pyridine rings is 1. The van der Waals surface area contributed by atoms with Crippen molar-refractivity contribution >= 4 is 21.9 Å². The van der Waals surface area contributed by atoms with Gasteiger partial charge in [-0.05, 0) is 36.8 Å². The average molecular weight is 258 g/mol. The van der Waals surface area contributed by atoms with Gasteiger partial charge in [0.2, 0.25) is 0 Å². The topological polar surface area (TPSA) is 17.8 Å². The van der Waals surface area contributed by atoms with E-state index in [1.165, 1.54) is 22.2 Å². The second-order valence-electron chi connectivity index (χ2n) is 5.01. The van der Waals surface area contributed by atoms with Crippen molar-refractivity contribution in [2.24, 2.45) is 0 Å². The molecule has 0 aliphatic heterocycles. The molecule has 4 aromatic rings. The zero-order valence-electron chi connectivity index (χ0n) is 11.2. The lowest BCUT2D eigenvalue weighted by Crippen LogP contribution is -1.94. The molecule has 0 atom stereocenters. The van der Waals surface area contributed by atoms with Crippen LogP contribution in [0.5, 0.6) is 0 Å². The van der Waals surface area contributed by atoms with Gasteiger partial charge in [-0.2, -0.15) is 0 Å². The minimum atomic E-state index is 1.06. The molecular weight excluding hydrogens is 244 g/mol. The quantitative estimate of drug-likeness (QED) is 0.492. The third kappa shape index (κ3) is 1.48. The summed E-state index contributed by atoms with van der Waals surface area (Å²) in [4.78, 5) is 4.58. The van der Waals surface area contributed by atoms with E-state index in [2.05, 4.69) is 65.0 Å². The summed E-state index contributed by atoms with van der Waals surface area (Å²) in [7, 11) is 0. The first-order valence-electron chi connectivity index (χ1n) is 6.76. The molecule has 2 heterocycles. The van der Waals surface area contributed by atoms with Crippen LogP contribution in [0.15, 0.2) is 66.9 Å². The molecule has 0 aliphatic rings. The second kappa shape index (κ2) is 4.20. The Hall–Kier alpha value is -2.61. The van der Waals surface area contributed by atoms with Crippen LogP contribution in [-0.2, 0) is 0 Å². The number of fused-ring (bicyclic) bond motifs is 3. The molecule has 0 N–H and O–H groups in total. The van der Waals surface area contributed by atoms with E-state index in [9.17, 15) is 0 Å². The Morgan fingerprint density at radius 2 is 1.70 bits per heavy atom. The molecule has 2 aromatic carbocycles. The minimum absolute atomic E-state index is 1.06. The van der Waals surface area contributed by atoms with E-state index in [-0.39, 0.29) is 0 Å². The second-order valence-corrected chi connectivity index (χ2v) is 5.01. The van der Waals surface area contributed by atoms with Gasteiger partial charge in [-0.1, -0.05) is 36.4 Å². The van der Waals surface area contributed by atoms with Crippen molar-refractivity contribution in [1.29, 1.82) is 0 Å². The zero-order valence-corrected chi connectivity index (χ0v) is 11.2. The van der Waals surface area contributed by atoms with E-state index >= 15 is 0 Å². The van der Waals surface area contributed by atoms with Gasteiger partial charge in [0, 0.05) is 17.3 Å². The molecule has 0 radical (unpaired) electrons. The monoisotopic (exact) mass is 258 g/mol. The highest BCUT2D eigenvalue weighted by Gasteiger charge is 2.13. The van der Waals surface area contributed by atoms with Crippen LogP contribution in [-0.4, -0.2) is 9.55 Å². The van der Waals surface area contributed by atoms with Crippen molar-refractivity contribution in [3.63, 3.8) is 0 Å². The Labute approximate surface area is 117 Å². The van der Waals surface area contributed by atoms with E-state index in [1.54, 1.807) is 0 Å². The molecule has 0 bridgehead atoms. The summed E-state index contributed by atoms with van der Waals surface area (Å²) in [5, 5.41) is 1.21. The minimum Gasteiger partial charge on any atom is -0.307 e. The molecule has 0 saturated heterocycles. The Morgan fingerprint density at radius 1 is 0.850 bits per heavy atom. The first kappa shape index (κ1) is 11.2. The third-order valence-electron chi connectivity index (χ3n) is 3.76. The summed E-state index contributed by atoms with van der Waals surface area (Å²) in [6.07, 6.45) is 1.86. The van der Waals surface area contributed by atoms with Crippen molar-refractivity contribution < 1.29 is 0 Å². The van der Waals surface area contributed by atoms with Crippen LogP contribution in [0.3, 0.4) is 0 Å². The smallest absolute Gasteiger partial charge is 0.0963 e. The maximum atomic E-state index is 4.58. The highest BCUT2D eigenvalue weighted by atomic mass is 15.0. The number of hydrogen-bond acceptors (Lipinski definition) is 1. The normalized spacial score (nSPS) is 11.2. The van der Waals surface area contributed by atoms with Gasteiger partial charge in [0.05, 0.1) is 16.6 Å². The molecule has 0 amide bonds. The van der Waals surface area contributed by atoms with Crippen LogP contribution in [0.4, 0.5) is 0 Å². The Bertz CT molecular complexity index is 905. The van der Waals surface area contributed by atoms with Crippen LogP contribution in [0.1, 0.15) is 5.56 Å². The molecule has 0 saturated carbocycles. The van der Waals surface area contributed by atoms with E-state index in [0.29, 0.717) is 0 Å². The summed E-state index contributed by atoms with van der Waals surface area (Å²) < 4.78 is 2.30. The van der Waals surface area contributed by atoms with Crippen LogP contribution >= 0.6 is 0 Å². The zero-order chi connectivity index (χ0) is 13.5. The van der Waals surface area contributed by atoms with Gasteiger partial charge in [0.25, 0.3) is 0 Å². The molecule has 0 spiro atoms. The van der Waals surface area contributed by atoms with E-state index in [4.69, 9.17) is 0 Å². The average Bonchev–Trinajstić information content (AvgIpc) is 2.84. The number of benzene rings is 2. The molecule has 2 nitrogen and oxygen atoms in total. The third-order valence-corrected chi connectivity index (χ3v) is 3.76. The van der Waals surface area contributed by atoms with Gasteiger partial charge in [0.1, 0.15) is 0 Å². The standard InChI is InChI=1S/C18H14N2/c1-13-7-5-10-15-17-16(11-6-12-19-17)20(18(13)15)14-8-3-2-4-9-14/h2-12H,1H3. The Balaban J connectivity index is 2.27. The molecule has 0 fully saturated rings. The molecule has 2 aromatic heterocycles. The number of aromatic nitrogens is 2. The van der Waals surface area contributed by atoms with Gasteiger partial charge in [-0.3, -0.25) is 4.98 Å². The fourth-order valence-corrected chi connectivity index (χ4v) is 2.90. The predicted molar refractivity (Wildman–Crippen MR) is 83.3 cm³/mol. The lowest BCUT2D eigenvalue weighted by Gasteiger charge is -2.08. The summed E-state index contributed by atoms with van der Waals surface area (Å²) in [6.45, 7) is 2.15. The van der Waals surface area contributed by atoms with Crippen LogP contribution in [0, 0.1) is 6.92 Å². The summed E-state index contributed by atoms with van der Waals surface area (Å²) >= 11 is 0. The van der Waals surface area contributed by atoms with Crippen molar-refractivity contribution in [3.8, 4) is 5.69 Å². The lowest BCUT2D eigenvalue weighted by molar-refractivity contribution is 1.16. The van der Waals surface area contributed by atoms with Gasteiger partial charge >= 0.3 is 0 Å². The molecule has 0 unspecified atom stereocenters. The lowest BCUT2D eigenvalue weighted by atomic mass is 10.1. The summed E-state index contributed by atoms with van der Waals surface area (Å²) in [5.74, 6) is 0. The van der Waals surface area contributed by atoms with Crippen LogP contribution < -0.4 is 0 Å². The van der Waals surface area contributed by atoms with Crippen molar-refractivity contribution in [2.45, 2.75) is 6.92 Å². The SMILES string of the molecule is Cc1cccc2c3ncccc3n(-c3ccccc3)c12. The van der Waals surface area contributed by atoms with Crippen LogP contribution in [0.2, 0.25) is 0 Å². The van der Waals surface area contributed by atoms with Crippen LogP contribution in [0.25, 0.3) is 27.6 Å². The summed E-state index contributed by atoms with van der Waals surface area (Å²) in [6, 6.07) is 21.0. The van der Waals surface area contributed by atoms with E-state index in [0.717, 1.165) is 11.0 Å². The Morgan fingerprint density at radius 3 is 2.55 bits per heavy atom. The first-order valence-corrected chi connectivity index (χ1v) is 6.76. The maximum Gasteiger partial charge on any atom is 0.0963 e. The maximum absolute atomic E-state index is 4.58. The fourth-order valence-electron chi connectivity index (χ4n) is 2.90. The van der Waals surface area contributed by atoms with Crippen molar-refractivity contribution in [2.75, 3.05) is 0 Å². The van der Waals surface area contributed by atoms with Gasteiger partial charge in [0.15, 0.2) is 0 Å². The van der Waals surface area contributed by atoms with Gasteiger partial charge in [-0.25, -0.2) is 0 Å². The number of nitrogens with zero attached hydrogens (tertiary/aromatic N) is 2. The first-order chi connectivity index (χ1) is 9.86. The van der Waals surface area contributed by atoms with E-state index < -0.39 is 0 Å². The number of rotatable bonds is 1. The van der Waals surface area contributed by atoms with Crippen molar-refractivity contribution in [1.82, 2.24) is 9.55 Å². The molecule has 96 valence electrons. The van der Waals surface area contributed by atoms with E-state index in [1.807, 2.05) is 18.3 Å². The highest BCUT2D eigenvalue weighted by molar-refractivity contribution is 6.08.